The Morgan fingerprint density at radius 1 is 1.32 bits per heavy atom. The van der Waals surface area contributed by atoms with Gasteiger partial charge in [-0.25, -0.2) is 0 Å². The summed E-state index contributed by atoms with van der Waals surface area (Å²) in [5, 5.41) is 4.03. The molecule has 1 saturated carbocycles. The molecule has 3 fully saturated rings. The van der Waals surface area contributed by atoms with Crippen LogP contribution in [0.5, 0.6) is 0 Å². The first-order valence-corrected chi connectivity index (χ1v) is 7.91. The van der Waals surface area contributed by atoms with Crippen molar-refractivity contribution in [3.8, 4) is 0 Å². The van der Waals surface area contributed by atoms with Crippen molar-refractivity contribution in [3.05, 3.63) is 11.7 Å². The van der Waals surface area contributed by atoms with Crippen LogP contribution in [0.3, 0.4) is 0 Å². The van der Waals surface area contributed by atoms with Crippen LogP contribution < -0.4 is 0 Å². The van der Waals surface area contributed by atoms with E-state index in [0.717, 1.165) is 18.7 Å². The molecule has 3 aliphatic rings. The van der Waals surface area contributed by atoms with Crippen molar-refractivity contribution in [2.24, 2.45) is 5.41 Å². The molecular weight excluding hydrogens is 286 g/mol. The van der Waals surface area contributed by atoms with E-state index in [9.17, 15) is 4.79 Å². The third kappa shape index (κ3) is 2.42. The summed E-state index contributed by atoms with van der Waals surface area (Å²) in [5.41, 5.74) is -0.393. The lowest BCUT2D eigenvalue weighted by molar-refractivity contribution is -0.180. The first-order chi connectivity index (χ1) is 10.5. The second-order valence-corrected chi connectivity index (χ2v) is 6.96. The zero-order chi connectivity index (χ0) is 15.3. The topological polar surface area (TPSA) is 77.7 Å². The highest BCUT2D eigenvalue weighted by Gasteiger charge is 2.46. The molecule has 0 radical (unpaired) electrons. The molecule has 0 bridgehead atoms. The van der Waals surface area contributed by atoms with Crippen molar-refractivity contribution in [1.29, 1.82) is 0 Å². The summed E-state index contributed by atoms with van der Waals surface area (Å²) in [7, 11) is 0. The fourth-order valence-electron chi connectivity index (χ4n) is 3.05. The van der Waals surface area contributed by atoms with E-state index in [-0.39, 0.29) is 18.1 Å². The Bertz CT molecular complexity index is 579. The van der Waals surface area contributed by atoms with Crippen LogP contribution in [0.2, 0.25) is 0 Å². The first-order valence-electron chi connectivity index (χ1n) is 7.91. The molecule has 1 aromatic rings. The molecule has 2 saturated heterocycles. The van der Waals surface area contributed by atoms with Crippen LogP contribution >= 0.6 is 0 Å². The average Bonchev–Trinajstić information content (AvgIpc) is 3.20. The van der Waals surface area contributed by atoms with E-state index in [1.807, 2.05) is 18.7 Å². The number of rotatable bonds is 3. The van der Waals surface area contributed by atoms with E-state index in [1.165, 1.54) is 0 Å². The number of carbonyl (C=O) groups excluding carboxylic acids is 1. The molecule has 0 spiro atoms. The molecule has 0 unspecified atom stereocenters. The van der Waals surface area contributed by atoms with E-state index >= 15 is 0 Å². The highest BCUT2D eigenvalue weighted by molar-refractivity contribution is 5.83. The van der Waals surface area contributed by atoms with Crippen molar-refractivity contribution >= 4 is 5.91 Å². The Kier molecular flexibility index (Phi) is 3.23. The van der Waals surface area contributed by atoms with Crippen LogP contribution in [-0.4, -0.2) is 53.4 Å². The number of aromatic nitrogens is 2. The second-order valence-electron chi connectivity index (χ2n) is 6.96. The van der Waals surface area contributed by atoms with Crippen LogP contribution in [0.1, 0.15) is 50.4 Å². The molecule has 2 aliphatic heterocycles. The van der Waals surface area contributed by atoms with Gasteiger partial charge in [-0.2, -0.15) is 4.98 Å². The van der Waals surface area contributed by atoms with E-state index in [2.05, 4.69) is 10.1 Å². The van der Waals surface area contributed by atoms with E-state index in [0.29, 0.717) is 38.1 Å². The van der Waals surface area contributed by atoms with Gasteiger partial charge in [-0.1, -0.05) is 5.16 Å². The maximum atomic E-state index is 12.7. The van der Waals surface area contributed by atoms with Crippen LogP contribution in [0.25, 0.3) is 0 Å². The van der Waals surface area contributed by atoms with Crippen molar-refractivity contribution < 1.29 is 18.8 Å². The summed E-state index contributed by atoms with van der Waals surface area (Å²) in [6.07, 6.45) is 1.87. The minimum atomic E-state index is -0.393. The molecule has 0 aromatic carbocycles. The van der Waals surface area contributed by atoms with Gasteiger partial charge in [0.05, 0.1) is 31.3 Å². The highest BCUT2D eigenvalue weighted by Crippen LogP contribution is 2.39. The van der Waals surface area contributed by atoms with Gasteiger partial charge in [0.15, 0.2) is 11.9 Å². The van der Waals surface area contributed by atoms with Crippen LogP contribution in [-0.2, 0) is 14.3 Å². The molecule has 0 N–H and O–H groups in total. The number of hydrogen-bond donors (Lipinski definition) is 0. The molecule has 4 rings (SSSR count). The van der Waals surface area contributed by atoms with Gasteiger partial charge in [0.1, 0.15) is 0 Å². The number of hydrogen-bond acceptors (Lipinski definition) is 6. The SMILES string of the molecule is C[C@@H]1CN(C(=O)C2(C)COC2)C[C@H](c2nc(C3CC3)no2)O1. The lowest BCUT2D eigenvalue weighted by atomic mass is 9.86. The first kappa shape index (κ1) is 14.1. The molecule has 2 atom stereocenters. The van der Waals surface area contributed by atoms with Gasteiger partial charge < -0.3 is 18.9 Å². The Balaban J connectivity index is 1.49. The number of carbonyl (C=O) groups is 1. The number of ether oxygens (including phenoxy) is 2. The van der Waals surface area contributed by atoms with Gasteiger partial charge in [-0.05, 0) is 26.7 Å². The van der Waals surface area contributed by atoms with Crippen molar-refractivity contribution in [2.45, 2.75) is 44.8 Å². The second kappa shape index (κ2) is 5.03. The predicted molar refractivity (Wildman–Crippen MR) is 75.1 cm³/mol. The van der Waals surface area contributed by atoms with Crippen LogP contribution in [0, 0.1) is 5.41 Å². The van der Waals surface area contributed by atoms with Crippen LogP contribution in [0.15, 0.2) is 4.52 Å². The van der Waals surface area contributed by atoms with Gasteiger partial charge in [0, 0.05) is 12.5 Å². The summed E-state index contributed by atoms with van der Waals surface area (Å²) in [5.74, 6) is 1.83. The van der Waals surface area contributed by atoms with Crippen molar-refractivity contribution in [1.82, 2.24) is 15.0 Å². The molecule has 1 aromatic heterocycles. The van der Waals surface area contributed by atoms with Gasteiger partial charge in [0.2, 0.25) is 5.91 Å². The van der Waals surface area contributed by atoms with Crippen molar-refractivity contribution in [3.63, 3.8) is 0 Å². The molecule has 1 aliphatic carbocycles. The monoisotopic (exact) mass is 307 g/mol. The Morgan fingerprint density at radius 3 is 2.73 bits per heavy atom. The van der Waals surface area contributed by atoms with E-state index in [4.69, 9.17) is 14.0 Å². The Morgan fingerprint density at radius 2 is 2.09 bits per heavy atom. The zero-order valence-corrected chi connectivity index (χ0v) is 12.9. The smallest absolute Gasteiger partial charge is 0.257 e. The number of nitrogens with zero attached hydrogens (tertiary/aromatic N) is 3. The van der Waals surface area contributed by atoms with E-state index in [1.54, 1.807) is 0 Å². The number of morpholine rings is 1. The summed E-state index contributed by atoms with van der Waals surface area (Å²) >= 11 is 0. The third-order valence-corrected chi connectivity index (χ3v) is 4.58. The molecule has 7 nitrogen and oxygen atoms in total. The van der Waals surface area contributed by atoms with E-state index < -0.39 is 5.41 Å². The summed E-state index contributed by atoms with van der Waals surface area (Å²) in [6, 6.07) is 0. The Hall–Kier alpha value is -1.47. The fourth-order valence-corrected chi connectivity index (χ4v) is 3.05. The number of amides is 1. The zero-order valence-electron chi connectivity index (χ0n) is 12.9. The summed E-state index contributed by atoms with van der Waals surface area (Å²) < 4.78 is 16.5. The predicted octanol–water partition coefficient (Wildman–Crippen LogP) is 1.27. The minimum absolute atomic E-state index is 0.0523. The third-order valence-electron chi connectivity index (χ3n) is 4.58. The largest absolute Gasteiger partial charge is 0.379 e. The highest BCUT2D eigenvalue weighted by atomic mass is 16.5. The minimum Gasteiger partial charge on any atom is -0.379 e. The maximum absolute atomic E-state index is 12.7. The molecule has 120 valence electrons. The molecule has 3 heterocycles. The van der Waals surface area contributed by atoms with Crippen LogP contribution in [0.4, 0.5) is 0 Å². The molecular formula is C15H21N3O4. The molecule has 7 heteroatoms. The maximum Gasteiger partial charge on any atom is 0.257 e. The standard InChI is InChI=1S/C15H21N3O4/c1-9-5-18(14(19)15(2)7-20-8-15)6-11(21-9)13-16-12(17-22-13)10-3-4-10/h9-11H,3-8H2,1-2H3/t9-,11-/m1/s1. The van der Waals surface area contributed by atoms with Gasteiger partial charge in [-0.15, -0.1) is 0 Å². The fraction of sp³-hybridized carbons (Fsp3) is 0.800. The van der Waals surface area contributed by atoms with Gasteiger partial charge in [-0.3, -0.25) is 4.79 Å². The summed E-state index contributed by atoms with van der Waals surface area (Å²) in [6.45, 7) is 5.96. The average molecular weight is 307 g/mol. The van der Waals surface area contributed by atoms with Gasteiger partial charge in [0.25, 0.3) is 5.89 Å². The molecule has 22 heavy (non-hydrogen) atoms. The normalized spacial score (nSPS) is 30.9. The Labute approximate surface area is 128 Å². The van der Waals surface area contributed by atoms with Crippen molar-refractivity contribution in [2.75, 3.05) is 26.3 Å². The van der Waals surface area contributed by atoms with Gasteiger partial charge >= 0.3 is 0 Å². The lowest BCUT2D eigenvalue weighted by Gasteiger charge is -2.43. The molecule has 1 amide bonds. The lowest BCUT2D eigenvalue weighted by Crippen LogP contribution is -2.57. The summed E-state index contributed by atoms with van der Waals surface area (Å²) in [4.78, 5) is 19.0. The quantitative estimate of drug-likeness (QED) is 0.837.